The van der Waals surface area contributed by atoms with Gasteiger partial charge in [-0.1, -0.05) is 6.92 Å². The van der Waals surface area contributed by atoms with Crippen LogP contribution in [-0.2, 0) is 15.8 Å². The summed E-state index contributed by atoms with van der Waals surface area (Å²) in [6.07, 6.45) is -2.59. The predicted octanol–water partition coefficient (Wildman–Crippen LogP) is 3.29. The minimum absolute atomic E-state index is 0.0111. The molecule has 2 amide bonds. The first-order chi connectivity index (χ1) is 10.8. The third-order valence-electron chi connectivity index (χ3n) is 3.93. The Balaban J connectivity index is 1.97. The molecule has 0 radical (unpaired) electrons. The van der Waals surface area contributed by atoms with E-state index in [1.54, 1.807) is 11.8 Å². The molecule has 1 aliphatic heterocycles. The van der Waals surface area contributed by atoms with E-state index < -0.39 is 11.7 Å². The van der Waals surface area contributed by atoms with E-state index in [1.807, 2.05) is 0 Å². The van der Waals surface area contributed by atoms with Crippen molar-refractivity contribution in [2.75, 3.05) is 18.4 Å². The van der Waals surface area contributed by atoms with Crippen LogP contribution in [0.2, 0.25) is 0 Å². The summed E-state index contributed by atoms with van der Waals surface area (Å²) in [5.41, 5.74) is -0.435. The van der Waals surface area contributed by atoms with Gasteiger partial charge >= 0.3 is 6.18 Å². The summed E-state index contributed by atoms with van der Waals surface area (Å²) in [6.45, 7) is 2.78. The quantitative estimate of drug-likeness (QED) is 0.925. The minimum Gasteiger partial charge on any atom is -0.342 e. The number of amides is 2. The molecule has 1 N–H and O–H groups in total. The largest absolute Gasteiger partial charge is 0.416 e. The molecule has 23 heavy (non-hydrogen) atoms. The molecule has 1 unspecified atom stereocenters. The highest BCUT2D eigenvalue weighted by Gasteiger charge is 2.30. The van der Waals surface area contributed by atoms with Gasteiger partial charge in [-0.25, -0.2) is 0 Å². The Morgan fingerprint density at radius 3 is 2.48 bits per heavy atom. The molecule has 1 saturated heterocycles. The number of anilines is 1. The van der Waals surface area contributed by atoms with Crippen molar-refractivity contribution in [3.8, 4) is 0 Å². The lowest BCUT2D eigenvalue weighted by Gasteiger charge is -2.31. The lowest BCUT2D eigenvalue weighted by molar-refractivity contribution is -0.137. The van der Waals surface area contributed by atoms with Gasteiger partial charge in [0, 0.05) is 25.2 Å². The second-order valence-electron chi connectivity index (χ2n) is 5.60. The zero-order valence-corrected chi connectivity index (χ0v) is 12.8. The third-order valence-corrected chi connectivity index (χ3v) is 3.93. The smallest absolute Gasteiger partial charge is 0.342 e. The lowest BCUT2D eigenvalue weighted by atomic mass is 9.96. The summed E-state index contributed by atoms with van der Waals surface area (Å²) in [5.74, 6) is -0.586. The van der Waals surface area contributed by atoms with Crippen molar-refractivity contribution in [3.05, 3.63) is 29.8 Å². The number of nitrogens with one attached hydrogen (secondary N) is 1. The van der Waals surface area contributed by atoms with Gasteiger partial charge in [0.2, 0.25) is 11.8 Å². The molecule has 7 heteroatoms. The van der Waals surface area contributed by atoms with Gasteiger partial charge in [-0.2, -0.15) is 13.2 Å². The molecule has 0 saturated carbocycles. The molecule has 1 atom stereocenters. The minimum atomic E-state index is -4.40. The average Bonchev–Trinajstić information content (AvgIpc) is 2.54. The molecule has 1 fully saturated rings. The summed E-state index contributed by atoms with van der Waals surface area (Å²) < 4.78 is 37.5. The fourth-order valence-electron chi connectivity index (χ4n) is 2.63. The van der Waals surface area contributed by atoms with E-state index in [-0.39, 0.29) is 17.7 Å². The van der Waals surface area contributed by atoms with Crippen molar-refractivity contribution < 1.29 is 22.8 Å². The number of halogens is 3. The second kappa shape index (κ2) is 7.02. The lowest BCUT2D eigenvalue weighted by Crippen LogP contribution is -2.43. The number of benzene rings is 1. The van der Waals surface area contributed by atoms with Gasteiger partial charge in [0.1, 0.15) is 0 Å². The molecule has 4 nitrogen and oxygen atoms in total. The number of hydrogen-bond acceptors (Lipinski definition) is 2. The first-order valence-corrected chi connectivity index (χ1v) is 7.57. The van der Waals surface area contributed by atoms with Crippen LogP contribution in [0, 0.1) is 5.92 Å². The van der Waals surface area contributed by atoms with Crippen LogP contribution >= 0.6 is 0 Å². The number of alkyl halides is 3. The van der Waals surface area contributed by atoms with E-state index in [9.17, 15) is 22.8 Å². The Hall–Kier alpha value is -2.05. The maximum Gasteiger partial charge on any atom is 0.416 e. The monoisotopic (exact) mass is 328 g/mol. The Bertz CT molecular complexity index is 570. The molecule has 1 heterocycles. The Morgan fingerprint density at radius 1 is 1.26 bits per heavy atom. The standard InChI is InChI=1S/C16H19F3N2O2/c1-2-14(22)21-9-3-4-11(10-21)15(23)20-13-7-5-12(6-8-13)16(17,18)19/h5-8,11H,2-4,9-10H2,1H3,(H,20,23). The zero-order valence-electron chi connectivity index (χ0n) is 12.8. The highest BCUT2D eigenvalue weighted by molar-refractivity contribution is 5.93. The molecular formula is C16H19F3N2O2. The maximum absolute atomic E-state index is 12.5. The number of piperidine rings is 1. The Labute approximate surface area is 132 Å². The fourth-order valence-corrected chi connectivity index (χ4v) is 2.63. The molecule has 0 aliphatic carbocycles. The van der Waals surface area contributed by atoms with Crippen LogP contribution in [0.4, 0.5) is 18.9 Å². The fraction of sp³-hybridized carbons (Fsp3) is 0.500. The summed E-state index contributed by atoms with van der Waals surface area (Å²) in [7, 11) is 0. The van der Waals surface area contributed by atoms with Crippen LogP contribution < -0.4 is 5.32 Å². The normalized spacial score (nSPS) is 18.6. The van der Waals surface area contributed by atoms with Crippen LogP contribution in [0.1, 0.15) is 31.7 Å². The summed E-state index contributed by atoms with van der Waals surface area (Å²) in [6, 6.07) is 4.34. The van der Waals surface area contributed by atoms with E-state index in [0.717, 1.165) is 18.6 Å². The number of carbonyl (C=O) groups is 2. The first-order valence-electron chi connectivity index (χ1n) is 7.57. The van der Waals surface area contributed by atoms with Crippen LogP contribution in [0.15, 0.2) is 24.3 Å². The number of likely N-dealkylation sites (tertiary alicyclic amines) is 1. The number of rotatable bonds is 3. The maximum atomic E-state index is 12.5. The summed E-state index contributed by atoms with van der Waals surface area (Å²) in [5, 5.41) is 2.62. The topological polar surface area (TPSA) is 49.4 Å². The molecule has 2 rings (SSSR count). The molecule has 1 aliphatic rings. The van der Waals surface area contributed by atoms with Crippen molar-refractivity contribution in [2.24, 2.45) is 5.92 Å². The third kappa shape index (κ3) is 4.46. The summed E-state index contributed by atoms with van der Waals surface area (Å²) in [4.78, 5) is 25.6. The van der Waals surface area contributed by atoms with Crippen molar-refractivity contribution in [3.63, 3.8) is 0 Å². The van der Waals surface area contributed by atoms with E-state index in [4.69, 9.17) is 0 Å². The molecular weight excluding hydrogens is 309 g/mol. The second-order valence-corrected chi connectivity index (χ2v) is 5.60. The van der Waals surface area contributed by atoms with Crippen LogP contribution in [0.3, 0.4) is 0 Å². The van der Waals surface area contributed by atoms with Gasteiger partial charge in [0.25, 0.3) is 0 Å². The van der Waals surface area contributed by atoms with Crippen molar-refractivity contribution in [2.45, 2.75) is 32.4 Å². The van der Waals surface area contributed by atoms with Gasteiger partial charge in [-0.05, 0) is 37.1 Å². The summed E-state index contributed by atoms with van der Waals surface area (Å²) >= 11 is 0. The van der Waals surface area contributed by atoms with E-state index in [2.05, 4.69) is 5.32 Å². The van der Waals surface area contributed by atoms with E-state index in [1.165, 1.54) is 12.1 Å². The van der Waals surface area contributed by atoms with E-state index >= 15 is 0 Å². The molecule has 0 spiro atoms. The number of carbonyl (C=O) groups excluding carboxylic acids is 2. The number of hydrogen-bond donors (Lipinski definition) is 1. The van der Waals surface area contributed by atoms with Crippen LogP contribution in [0.25, 0.3) is 0 Å². The highest BCUT2D eigenvalue weighted by Crippen LogP contribution is 2.30. The van der Waals surface area contributed by atoms with Gasteiger partial charge in [0.15, 0.2) is 0 Å². The van der Waals surface area contributed by atoms with Gasteiger partial charge in [-0.15, -0.1) is 0 Å². The molecule has 0 bridgehead atoms. The molecule has 126 valence electrons. The Kier molecular flexibility index (Phi) is 5.28. The first kappa shape index (κ1) is 17.3. The van der Waals surface area contributed by atoms with Crippen LogP contribution in [-0.4, -0.2) is 29.8 Å². The van der Waals surface area contributed by atoms with Gasteiger partial charge in [0.05, 0.1) is 11.5 Å². The number of nitrogens with zero attached hydrogens (tertiary/aromatic N) is 1. The molecule has 1 aromatic carbocycles. The van der Waals surface area contributed by atoms with Crippen molar-refractivity contribution in [1.29, 1.82) is 0 Å². The van der Waals surface area contributed by atoms with Crippen LogP contribution in [0.5, 0.6) is 0 Å². The van der Waals surface area contributed by atoms with Gasteiger partial charge in [-0.3, -0.25) is 9.59 Å². The van der Waals surface area contributed by atoms with E-state index in [0.29, 0.717) is 31.6 Å². The van der Waals surface area contributed by atoms with Crippen molar-refractivity contribution >= 4 is 17.5 Å². The van der Waals surface area contributed by atoms with Crippen molar-refractivity contribution in [1.82, 2.24) is 4.90 Å². The molecule has 1 aromatic rings. The van der Waals surface area contributed by atoms with Gasteiger partial charge < -0.3 is 10.2 Å². The predicted molar refractivity (Wildman–Crippen MR) is 79.7 cm³/mol. The molecule has 0 aromatic heterocycles. The highest BCUT2D eigenvalue weighted by atomic mass is 19.4. The SMILES string of the molecule is CCC(=O)N1CCCC(C(=O)Nc2ccc(C(F)(F)F)cc2)C1. The Morgan fingerprint density at radius 2 is 1.91 bits per heavy atom. The zero-order chi connectivity index (χ0) is 17.0. The average molecular weight is 328 g/mol.